The molecule has 0 saturated carbocycles. The van der Waals surface area contributed by atoms with Gasteiger partial charge in [-0.1, -0.05) is 42.5 Å². The molecule has 5 N–H and O–H groups in total. The molecule has 9 nitrogen and oxygen atoms in total. The van der Waals surface area contributed by atoms with E-state index in [4.69, 9.17) is 31.3 Å². The predicted octanol–water partition coefficient (Wildman–Crippen LogP) is 4.86. The van der Waals surface area contributed by atoms with E-state index in [0.29, 0.717) is 29.4 Å². The average molecular weight is 527 g/mol. The van der Waals surface area contributed by atoms with Crippen molar-refractivity contribution < 1.29 is 14.3 Å². The monoisotopic (exact) mass is 526 g/mol. The second kappa shape index (κ2) is 17.3. The van der Waals surface area contributed by atoms with Crippen LogP contribution in [0.2, 0.25) is 0 Å². The van der Waals surface area contributed by atoms with Gasteiger partial charge in [0.05, 0.1) is 20.3 Å². The number of ether oxygens (including phenoxy) is 2. The Morgan fingerprint density at radius 1 is 1.11 bits per heavy atom. The highest BCUT2D eigenvalue weighted by molar-refractivity contribution is 5.88. The summed E-state index contributed by atoms with van der Waals surface area (Å²) in [4.78, 5) is 18.2. The van der Waals surface area contributed by atoms with E-state index < -0.39 is 0 Å². The van der Waals surface area contributed by atoms with Crippen molar-refractivity contribution in [3.8, 4) is 11.5 Å². The van der Waals surface area contributed by atoms with Gasteiger partial charge in [0.15, 0.2) is 11.5 Å². The molecule has 38 heavy (non-hydrogen) atoms. The van der Waals surface area contributed by atoms with E-state index in [2.05, 4.69) is 43.1 Å². The largest absolute Gasteiger partial charge is 0.493 e. The summed E-state index contributed by atoms with van der Waals surface area (Å²) in [5.74, 6) is 2.01. The Morgan fingerprint density at radius 3 is 2.21 bits per heavy atom. The lowest BCUT2D eigenvalue weighted by Gasteiger charge is -2.36. The molecular formula is C29H46N6O3. The molecule has 0 amide bonds. The Balaban J connectivity index is 0.000000795. The first kappa shape index (κ1) is 32.7. The Bertz CT molecular complexity index is 970. The minimum Gasteiger partial charge on any atom is -0.493 e. The van der Waals surface area contributed by atoms with Crippen LogP contribution >= 0.6 is 0 Å². The van der Waals surface area contributed by atoms with E-state index in [1.807, 2.05) is 43.4 Å². The van der Waals surface area contributed by atoms with Crippen LogP contribution in [0.5, 0.6) is 11.5 Å². The van der Waals surface area contributed by atoms with Gasteiger partial charge in [0.25, 0.3) is 0 Å². The number of benzene rings is 2. The average Bonchev–Trinajstić information content (AvgIpc) is 2.95. The normalized spacial score (nSPS) is 15.3. The summed E-state index contributed by atoms with van der Waals surface area (Å²) in [7, 11) is 5.23. The van der Waals surface area contributed by atoms with Gasteiger partial charge in [-0.3, -0.25) is 9.89 Å². The van der Waals surface area contributed by atoms with E-state index in [1.165, 1.54) is 5.56 Å². The summed E-state index contributed by atoms with van der Waals surface area (Å²) in [5.41, 5.74) is 19.0. The van der Waals surface area contributed by atoms with Crippen molar-refractivity contribution in [1.82, 2.24) is 10.2 Å². The number of nitrogens with zero attached hydrogens (tertiary/aromatic N) is 2. The number of aliphatic imine (C=N–C) groups is 1. The Morgan fingerprint density at radius 2 is 1.71 bits per heavy atom. The Labute approximate surface area is 228 Å². The molecule has 2 aromatic rings. The second-order valence-electron chi connectivity index (χ2n) is 10.0. The van der Waals surface area contributed by atoms with E-state index in [-0.39, 0.29) is 12.0 Å². The molecule has 0 bridgehead atoms. The maximum atomic E-state index is 11.2. The topological polar surface area (TPSA) is 137 Å². The summed E-state index contributed by atoms with van der Waals surface area (Å²) in [6.45, 7) is 8.57. The number of hydrogen-bond donors (Lipinski definition) is 4. The lowest BCUT2D eigenvalue weighted by atomic mass is 9.94. The fraction of sp³-hybridized carbons (Fsp3) is 0.517. The third-order valence-corrected chi connectivity index (χ3v) is 6.43. The first-order valence-electron chi connectivity index (χ1n) is 12.9. The number of hydrogen-bond acceptors (Lipinski definition) is 8. The van der Waals surface area contributed by atoms with Gasteiger partial charge in [-0.05, 0) is 71.8 Å². The predicted molar refractivity (Wildman–Crippen MR) is 154 cm³/mol. The van der Waals surface area contributed by atoms with Gasteiger partial charge >= 0.3 is 0 Å². The van der Waals surface area contributed by atoms with Gasteiger partial charge in [0, 0.05) is 23.6 Å². The van der Waals surface area contributed by atoms with Crippen molar-refractivity contribution in [2.45, 2.75) is 51.6 Å². The molecule has 1 saturated heterocycles. The van der Waals surface area contributed by atoms with Gasteiger partial charge in [-0.15, -0.1) is 0 Å². The summed E-state index contributed by atoms with van der Waals surface area (Å²) in [5, 5.41) is 3.10. The van der Waals surface area contributed by atoms with Gasteiger partial charge in [-0.2, -0.15) is 0 Å². The van der Waals surface area contributed by atoms with Crippen LogP contribution in [0, 0.1) is 17.0 Å². The van der Waals surface area contributed by atoms with Crippen molar-refractivity contribution >= 4 is 12.1 Å². The first-order valence-corrected chi connectivity index (χ1v) is 12.9. The molecule has 210 valence electrons. The molecule has 1 fully saturated rings. The van der Waals surface area contributed by atoms with Crippen molar-refractivity contribution in [2.75, 3.05) is 40.9 Å². The Kier molecular flexibility index (Phi) is 14.9. The lowest BCUT2D eigenvalue weighted by Crippen LogP contribution is -2.43. The van der Waals surface area contributed by atoms with Crippen LogP contribution in [0.1, 0.15) is 50.8 Å². The van der Waals surface area contributed by atoms with Crippen molar-refractivity contribution in [1.29, 1.82) is 11.1 Å². The van der Waals surface area contributed by atoms with Crippen molar-refractivity contribution in [2.24, 2.45) is 16.6 Å². The number of carbonyl (C=O) groups excluding carboxylic acids is 1. The number of rotatable bonds is 9. The molecule has 2 aromatic carbocycles. The first-order chi connectivity index (χ1) is 18.2. The number of carbonyl (C=O) groups is 1. The second-order valence-corrected chi connectivity index (χ2v) is 10.0. The van der Waals surface area contributed by atoms with Crippen LogP contribution in [0.3, 0.4) is 0 Å². The number of nitrogens with two attached hydrogens (primary N) is 1. The van der Waals surface area contributed by atoms with E-state index in [0.717, 1.165) is 44.2 Å². The molecule has 0 radical (unpaired) electrons. The lowest BCUT2D eigenvalue weighted by molar-refractivity contribution is -0.112. The van der Waals surface area contributed by atoms with Crippen LogP contribution in [-0.4, -0.2) is 63.5 Å². The third-order valence-electron chi connectivity index (χ3n) is 6.43. The van der Waals surface area contributed by atoms with E-state index in [1.54, 1.807) is 14.2 Å². The number of methoxy groups -OCH3 is 2. The number of likely N-dealkylation sites (tertiary alicyclic amines) is 1. The fourth-order valence-electron chi connectivity index (χ4n) is 4.03. The number of para-hydroxylation sites is 1. The summed E-state index contributed by atoms with van der Waals surface area (Å²) >= 11 is 0. The number of nitrogens with one attached hydrogen (secondary N) is 3. The van der Waals surface area contributed by atoms with Crippen LogP contribution in [-0.2, 0) is 11.2 Å². The molecule has 0 aromatic heterocycles. The smallest absolute Gasteiger partial charge is 0.165 e. The van der Waals surface area contributed by atoms with Gasteiger partial charge in [0.1, 0.15) is 12.1 Å². The van der Waals surface area contributed by atoms with Crippen molar-refractivity contribution in [3.63, 3.8) is 0 Å². The molecular weight excluding hydrogens is 480 g/mol. The quantitative estimate of drug-likeness (QED) is 0.159. The highest BCUT2D eigenvalue weighted by atomic mass is 16.5. The zero-order valence-electron chi connectivity index (χ0n) is 23.8. The van der Waals surface area contributed by atoms with Gasteiger partial charge in [0.2, 0.25) is 0 Å². The summed E-state index contributed by atoms with van der Waals surface area (Å²) in [6.07, 6.45) is 3.54. The van der Waals surface area contributed by atoms with Crippen LogP contribution in [0.15, 0.2) is 53.5 Å². The molecule has 1 unspecified atom stereocenters. The van der Waals surface area contributed by atoms with E-state index >= 15 is 0 Å². The minimum atomic E-state index is -0.224. The highest BCUT2D eigenvalue weighted by Crippen LogP contribution is 2.38. The molecule has 1 heterocycles. The Hall–Kier alpha value is -3.30. The number of piperidine rings is 1. The zero-order valence-corrected chi connectivity index (χ0v) is 23.8. The molecule has 1 aliphatic heterocycles. The van der Waals surface area contributed by atoms with Crippen LogP contribution < -0.4 is 20.5 Å². The standard InChI is InChI=1S/C24H31N3O3.C5H13N.H2N2/c1-29-21-10-6-9-20(23(21)30-2)22(27-15-12-19(17-28)13-16-27)24(25)26-14-11-18-7-4-3-5-8-18;1-5(2,3)6-4;1-2/h3-10,17,19,22H,11-16H2,1-2H3,(H2,25,26);6H,1-4H3;1-2H. The van der Waals surface area contributed by atoms with Gasteiger partial charge in [-0.25, -0.2) is 11.1 Å². The maximum Gasteiger partial charge on any atom is 0.165 e. The van der Waals surface area contributed by atoms with Crippen molar-refractivity contribution in [3.05, 3.63) is 59.7 Å². The van der Waals surface area contributed by atoms with Crippen LogP contribution in [0.25, 0.3) is 0 Å². The number of aldehydes is 1. The molecule has 3 rings (SSSR count). The molecule has 0 spiro atoms. The molecule has 1 atom stereocenters. The zero-order chi connectivity index (χ0) is 28.6. The molecule has 0 aliphatic carbocycles. The summed E-state index contributed by atoms with van der Waals surface area (Å²) in [6, 6.07) is 15.9. The highest BCUT2D eigenvalue weighted by Gasteiger charge is 2.31. The van der Waals surface area contributed by atoms with E-state index in [9.17, 15) is 4.79 Å². The fourth-order valence-corrected chi connectivity index (χ4v) is 4.03. The molecule has 9 heteroatoms. The SMILES string of the molecule is CNC(C)(C)C.COc1cccc(C(C(N)=NCCc2ccccc2)N2CCC(C=O)CC2)c1OC.N=N. The number of amidine groups is 1. The maximum absolute atomic E-state index is 11.2. The van der Waals surface area contributed by atoms with Gasteiger partial charge < -0.3 is 25.3 Å². The van der Waals surface area contributed by atoms with Crippen LogP contribution in [0.4, 0.5) is 0 Å². The third kappa shape index (κ3) is 10.6. The summed E-state index contributed by atoms with van der Waals surface area (Å²) < 4.78 is 11.2. The minimum absolute atomic E-state index is 0.116. The molecule has 1 aliphatic rings.